The van der Waals surface area contributed by atoms with Crippen molar-refractivity contribution < 1.29 is 18.3 Å². The van der Waals surface area contributed by atoms with Crippen LogP contribution < -0.4 is 14.9 Å². The number of para-hydroxylation sites is 2. The minimum absolute atomic E-state index is 0.0172. The molecule has 10 heteroatoms. The van der Waals surface area contributed by atoms with E-state index >= 15 is 0 Å². The summed E-state index contributed by atoms with van der Waals surface area (Å²) in [6.45, 7) is 2.26. The van der Waals surface area contributed by atoms with Crippen molar-refractivity contribution in [3.63, 3.8) is 0 Å². The average molecular weight is 562 g/mol. The van der Waals surface area contributed by atoms with Gasteiger partial charge in [-0.2, -0.15) is 5.10 Å². The lowest BCUT2D eigenvalue weighted by atomic mass is 9.99. The number of hydrogen-bond acceptors (Lipinski definition) is 6. The number of aromatic amines is 1. The predicted molar refractivity (Wildman–Crippen MR) is 157 cm³/mol. The van der Waals surface area contributed by atoms with E-state index in [1.165, 1.54) is 0 Å². The number of aliphatic hydroxyl groups is 1. The van der Waals surface area contributed by atoms with Crippen LogP contribution in [0.15, 0.2) is 97.3 Å². The normalized spacial score (nSPS) is 13.8. The van der Waals surface area contributed by atoms with Crippen molar-refractivity contribution in [3.05, 3.63) is 114 Å². The van der Waals surface area contributed by atoms with Gasteiger partial charge in [-0.15, -0.1) is 0 Å². The molecule has 0 radical (unpaired) electrons. The second-order valence-corrected chi connectivity index (χ2v) is 11.4. The van der Waals surface area contributed by atoms with Crippen molar-refractivity contribution in [2.24, 2.45) is 0 Å². The molecular formula is C30H35N5O4S. The molecule has 0 fully saturated rings. The zero-order valence-electron chi connectivity index (χ0n) is 22.6. The lowest BCUT2D eigenvalue weighted by Gasteiger charge is -2.28. The first-order valence-corrected chi connectivity index (χ1v) is 15.0. The molecule has 3 atom stereocenters. The molecule has 1 aromatic heterocycles. The van der Waals surface area contributed by atoms with E-state index in [1.54, 1.807) is 60.8 Å². The minimum atomic E-state index is -3.78. The van der Waals surface area contributed by atoms with Gasteiger partial charge in [-0.25, -0.2) is 12.7 Å². The summed E-state index contributed by atoms with van der Waals surface area (Å²) in [6.07, 6.45) is 4.90. The molecule has 1 amide bonds. The molecule has 1 unspecified atom stereocenters. The predicted octanol–water partition coefficient (Wildman–Crippen LogP) is 3.95. The molecule has 4 rings (SSSR count). The number of sulfonamides is 1. The number of benzene rings is 3. The van der Waals surface area contributed by atoms with E-state index in [9.17, 15) is 18.3 Å². The molecule has 9 nitrogen and oxygen atoms in total. The van der Waals surface area contributed by atoms with Gasteiger partial charge in [0.1, 0.15) is 0 Å². The lowest BCUT2D eigenvalue weighted by Crippen LogP contribution is -2.49. The number of amides is 1. The number of carbonyl (C=O) groups excluding carboxylic acids is 1. The van der Waals surface area contributed by atoms with Crippen molar-refractivity contribution in [3.8, 4) is 0 Å². The van der Waals surface area contributed by atoms with Gasteiger partial charge in [0.05, 0.1) is 41.5 Å². The molecule has 0 aliphatic heterocycles. The van der Waals surface area contributed by atoms with Gasteiger partial charge in [-0.1, -0.05) is 67.6 Å². The highest BCUT2D eigenvalue weighted by molar-refractivity contribution is 7.92. The average Bonchev–Trinajstić information content (AvgIpc) is 3.48. The molecule has 1 heterocycles. The van der Waals surface area contributed by atoms with Crippen molar-refractivity contribution >= 4 is 27.3 Å². The fourth-order valence-electron chi connectivity index (χ4n) is 4.67. The maximum Gasteiger partial charge on any atom is 0.253 e. The molecule has 4 N–H and O–H groups in total. The van der Waals surface area contributed by atoms with Crippen LogP contribution >= 0.6 is 0 Å². The van der Waals surface area contributed by atoms with Gasteiger partial charge in [-0.3, -0.25) is 9.89 Å². The van der Waals surface area contributed by atoms with Crippen molar-refractivity contribution in [1.29, 1.82) is 0 Å². The maximum atomic E-state index is 13.7. The summed E-state index contributed by atoms with van der Waals surface area (Å²) in [5.41, 5.74) is 2.75. The first kappa shape index (κ1) is 29.0. The Labute approximate surface area is 235 Å². The molecule has 3 aromatic carbocycles. The van der Waals surface area contributed by atoms with E-state index in [1.807, 2.05) is 43.5 Å². The summed E-state index contributed by atoms with van der Waals surface area (Å²) < 4.78 is 26.9. The lowest BCUT2D eigenvalue weighted by molar-refractivity contribution is 0.0824. The summed E-state index contributed by atoms with van der Waals surface area (Å²) in [7, 11) is -3.78. The topological polar surface area (TPSA) is 127 Å². The number of nitrogens with zero attached hydrogens (tertiary/aromatic N) is 2. The molecule has 0 aliphatic carbocycles. The van der Waals surface area contributed by atoms with Gasteiger partial charge < -0.3 is 15.7 Å². The number of anilines is 2. The number of aromatic nitrogens is 2. The van der Waals surface area contributed by atoms with Crippen LogP contribution in [-0.2, 0) is 16.4 Å². The van der Waals surface area contributed by atoms with Crippen LogP contribution in [0, 0.1) is 0 Å². The molecule has 210 valence electrons. The molecule has 0 bridgehead atoms. The molecule has 0 saturated heterocycles. The van der Waals surface area contributed by atoms with Crippen LogP contribution in [0.4, 0.5) is 11.4 Å². The first-order valence-electron chi connectivity index (χ1n) is 13.2. The SMILES string of the molecule is CCC(NC[C@@H](O)[C@H](Cc1ccccc1)NC(=O)c1ccccc1N(c1ccccc1)S(C)(=O)=O)c1cn[nH]c1. The quantitative estimate of drug-likeness (QED) is 0.196. The van der Waals surface area contributed by atoms with Crippen molar-refractivity contribution in [2.45, 2.75) is 38.0 Å². The van der Waals surface area contributed by atoms with Gasteiger partial charge >= 0.3 is 0 Å². The van der Waals surface area contributed by atoms with Crippen LogP contribution in [0.3, 0.4) is 0 Å². The number of hydrogen-bond donors (Lipinski definition) is 4. The highest BCUT2D eigenvalue weighted by Crippen LogP contribution is 2.31. The van der Waals surface area contributed by atoms with Gasteiger partial charge in [0.15, 0.2) is 0 Å². The van der Waals surface area contributed by atoms with Crippen molar-refractivity contribution in [2.75, 3.05) is 17.1 Å². The third-order valence-electron chi connectivity index (χ3n) is 6.67. The first-order chi connectivity index (χ1) is 19.3. The van der Waals surface area contributed by atoms with E-state index in [0.29, 0.717) is 12.1 Å². The number of rotatable bonds is 13. The van der Waals surface area contributed by atoms with E-state index in [2.05, 4.69) is 20.8 Å². The Hall–Kier alpha value is -3.99. The smallest absolute Gasteiger partial charge is 0.253 e. The van der Waals surface area contributed by atoms with Crippen LogP contribution in [0.5, 0.6) is 0 Å². The van der Waals surface area contributed by atoms with Crippen LogP contribution in [-0.4, -0.2) is 54.6 Å². The third kappa shape index (κ3) is 7.35. The molecule has 40 heavy (non-hydrogen) atoms. The molecule has 0 spiro atoms. The Kier molecular flexibility index (Phi) is 9.70. The maximum absolute atomic E-state index is 13.7. The Morgan fingerprint density at radius 3 is 2.27 bits per heavy atom. The standard InChI is InChI=1S/C30H35N5O4S/c1-3-26(23-19-32-33-20-23)31-21-29(36)27(18-22-12-6-4-7-13-22)34-30(37)25-16-10-11-17-28(25)35(40(2,38)39)24-14-8-5-9-15-24/h4-17,19-20,26-27,29,31,36H,3,18,21H2,1-2H3,(H,32,33)(H,34,37)/t26?,27-,29+/m0/s1. The van der Waals surface area contributed by atoms with Crippen LogP contribution in [0.1, 0.15) is 40.9 Å². The van der Waals surface area contributed by atoms with Gasteiger partial charge in [0.2, 0.25) is 10.0 Å². The van der Waals surface area contributed by atoms with Crippen LogP contribution in [0.25, 0.3) is 0 Å². The highest BCUT2D eigenvalue weighted by Gasteiger charge is 2.28. The van der Waals surface area contributed by atoms with E-state index < -0.39 is 28.1 Å². The summed E-state index contributed by atoms with van der Waals surface area (Å²) in [5.74, 6) is -0.484. The zero-order chi connectivity index (χ0) is 28.5. The Morgan fingerprint density at radius 1 is 1.00 bits per heavy atom. The van der Waals surface area contributed by atoms with E-state index in [4.69, 9.17) is 0 Å². The second kappa shape index (κ2) is 13.4. The zero-order valence-corrected chi connectivity index (χ0v) is 23.4. The van der Waals surface area contributed by atoms with Gasteiger partial charge in [0, 0.05) is 24.3 Å². The fourth-order valence-corrected chi connectivity index (χ4v) is 5.69. The second-order valence-electron chi connectivity index (χ2n) is 9.62. The highest BCUT2D eigenvalue weighted by atomic mass is 32.2. The number of aliphatic hydroxyl groups excluding tert-OH is 1. The Morgan fingerprint density at radius 2 is 1.65 bits per heavy atom. The summed E-state index contributed by atoms with van der Waals surface area (Å²) in [5, 5.41) is 24.5. The summed E-state index contributed by atoms with van der Waals surface area (Å²) in [4.78, 5) is 13.7. The van der Waals surface area contributed by atoms with Crippen molar-refractivity contribution in [1.82, 2.24) is 20.8 Å². The molecular weight excluding hydrogens is 526 g/mol. The molecule has 0 aliphatic rings. The Bertz CT molecular complexity index is 1460. The number of nitrogens with one attached hydrogen (secondary N) is 3. The number of H-pyrrole nitrogens is 1. The van der Waals surface area contributed by atoms with E-state index in [0.717, 1.165) is 28.1 Å². The summed E-state index contributed by atoms with van der Waals surface area (Å²) in [6, 6.07) is 24.1. The largest absolute Gasteiger partial charge is 0.390 e. The molecule has 4 aromatic rings. The molecule has 0 saturated carbocycles. The van der Waals surface area contributed by atoms with Gasteiger partial charge in [0.25, 0.3) is 5.91 Å². The monoisotopic (exact) mass is 561 g/mol. The number of carbonyl (C=O) groups is 1. The van der Waals surface area contributed by atoms with E-state index in [-0.39, 0.29) is 23.8 Å². The third-order valence-corrected chi connectivity index (χ3v) is 7.74. The Balaban J connectivity index is 1.61. The summed E-state index contributed by atoms with van der Waals surface area (Å²) >= 11 is 0. The fraction of sp³-hybridized carbons (Fsp3) is 0.267. The minimum Gasteiger partial charge on any atom is -0.390 e. The van der Waals surface area contributed by atoms with Gasteiger partial charge in [-0.05, 0) is 42.7 Å². The van der Waals surface area contributed by atoms with Crippen LogP contribution in [0.2, 0.25) is 0 Å².